The third-order valence-corrected chi connectivity index (χ3v) is 2.67. The van der Waals surface area contributed by atoms with Crippen molar-refractivity contribution in [1.82, 2.24) is 0 Å². The highest BCUT2D eigenvalue weighted by Gasteiger charge is 2.02. The number of benzene rings is 2. The Hall–Kier alpha value is -2.16. The largest absolute Gasteiger partial charge is 0.495 e. The molecule has 0 aliphatic carbocycles. The van der Waals surface area contributed by atoms with Crippen LogP contribution in [0, 0.1) is 6.92 Å². The van der Waals surface area contributed by atoms with E-state index in [4.69, 9.17) is 10.5 Å². The number of aryl methyl sites for hydroxylation is 1. The van der Waals surface area contributed by atoms with Crippen molar-refractivity contribution in [3.05, 3.63) is 48.0 Å². The summed E-state index contributed by atoms with van der Waals surface area (Å²) in [5, 5.41) is 3.29. The van der Waals surface area contributed by atoms with Crippen molar-refractivity contribution in [2.45, 2.75) is 6.92 Å². The monoisotopic (exact) mass is 228 g/mol. The number of methoxy groups -OCH3 is 1. The summed E-state index contributed by atoms with van der Waals surface area (Å²) in [6.45, 7) is 1.99. The van der Waals surface area contributed by atoms with Crippen LogP contribution in [-0.2, 0) is 0 Å². The molecule has 0 saturated heterocycles. The summed E-state index contributed by atoms with van der Waals surface area (Å²) in [6.07, 6.45) is 0. The topological polar surface area (TPSA) is 47.3 Å². The van der Waals surface area contributed by atoms with Crippen molar-refractivity contribution >= 4 is 17.1 Å². The number of nitrogen functional groups attached to an aromatic ring is 1. The molecule has 0 aliphatic heterocycles. The maximum atomic E-state index is 5.87. The Labute approximate surface area is 101 Å². The summed E-state index contributed by atoms with van der Waals surface area (Å²) >= 11 is 0. The fourth-order valence-electron chi connectivity index (χ4n) is 1.62. The molecular formula is C14H16N2O. The highest BCUT2D eigenvalue weighted by Crippen LogP contribution is 2.28. The predicted molar refractivity (Wildman–Crippen MR) is 71.9 cm³/mol. The van der Waals surface area contributed by atoms with Crippen LogP contribution in [-0.4, -0.2) is 7.11 Å². The lowest BCUT2D eigenvalue weighted by Crippen LogP contribution is -1.96. The Morgan fingerprint density at radius 3 is 2.59 bits per heavy atom. The number of rotatable bonds is 3. The van der Waals surface area contributed by atoms with Gasteiger partial charge >= 0.3 is 0 Å². The second kappa shape index (κ2) is 4.78. The van der Waals surface area contributed by atoms with Crippen LogP contribution in [0.4, 0.5) is 17.1 Å². The van der Waals surface area contributed by atoms with Gasteiger partial charge in [-0.15, -0.1) is 0 Å². The van der Waals surface area contributed by atoms with Crippen molar-refractivity contribution in [3.63, 3.8) is 0 Å². The molecule has 88 valence electrons. The zero-order valence-electron chi connectivity index (χ0n) is 10.0. The molecule has 0 aliphatic rings. The van der Waals surface area contributed by atoms with Crippen LogP contribution >= 0.6 is 0 Å². The van der Waals surface area contributed by atoms with Crippen LogP contribution in [0.5, 0.6) is 5.75 Å². The van der Waals surface area contributed by atoms with E-state index in [-0.39, 0.29) is 0 Å². The lowest BCUT2D eigenvalue weighted by Gasteiger charge is -2.11. The van der Waals surface area contributed by atoms with Gasteiger partial charge in [0, 0.05) is 11.4 Å². The summed E-state index contributed by atoms with van der Waals surface area (Å²) in [5.41, 5.74) is 9.62. The zero-order valence-corrected chi connectivity index (χ0v) is 10.0. The summed E-state index contributed by atoms with van der Waals surface area (Å²) < 4.78 is 5.28. The summed E-state index contributed by atoms with van der Waals surface area (Å²) in [6, 6.07) is 13.7. The van der Waals surface area contributed by atoms with E-state index in [9.17, 15) is 0 Å². The molecule has 0 spiro atoms. The van der Waals surface area contributed by atoms with E-state index in [1.165, 1.54) is 0 Å². The molecule has 3 nitrogen and oxygen atoms in total. The first kappa shape index (κ1) is 11.3. The molecule has 17 heavy (non-hydrogen) atoms. The molecule has 3 heteroatoms. The molecule has 2 aromatic rings. The Bertz CT molecular complexity index is 523. The second-order valence-corrected chi connectivity index (χ2v) is 3.90. The van der Waals surface area contributed by atoms with Gasteiger partial charge < -0.3 is 15.8 Å². The van der Waals surface area contributed by atoms with Gasteiger partial charge in [-0.1, -0.05) is 18.2 Å². The third-order valence-electron chi connectivity index (χ3n) is 2.67. The normalized spacial score (nSPS) is 10.0. The van der Waals surface area contributed by atoms with Gasteiger partial charge in [-0.2, -0.15) is 0 Å². The fourth-order valence-corrected chi connectivity index (χ4v) is 1.62. The minimum Gasteiger partial charge on any atom is -0.495 e. The molecule has 0 bridgehead atoms. The van der Waals surface area contributed by atoms with Crippen LogP contribution in [0.3, 0.4) is 0 Å². The van der Waals surface area contributed by atoms with Crippen molar-refractivity contribution in [3.8, 4) is 5.75 Å². The van der Waals surface area contributed by atoms with E-state index in [2.05, 4.69) is 5.32 Å². The minimum atomic E-state index is 0.782. The molecule has 0 saturated carbocycles. The van der Waals surface area contributed by atoms with Gasteiger partial charge in [0.25, 0.3) is 0 Å². The molecular weight excluding hydrogens is 212 g/mol. The second-order valence-electron chi connectivity index (χ2n) is 3.90. The molecule has 0 aromatic heterocycles. The number of ether oxygens (including phenoxy) is 1. The van der Waals surface area contributed by atoms with E-state index < -0.39 is 0 Å². The third kappa shape index (κ3) is 2.50. The average molecular weight is 228 g/mol. The van der Waals surface area contributed by atoms with Gasteiger partial charge in [-0.05, 0) is 36.8 Å². The molecule has 0 atom stereocenters. The SMILES string of the molecule is COc1ccccc1Nc1ccc(C)c(N)c1. The molecule has 0 fully saturated rings. The first-order valence-corrected chi connectivity index (χ1v) is 5.47. The molecule has 0 heterocycles. The van der Waals surface area contributed by atoms with Crippen LogP contribution in [0.1, 0.15) is 5.56 Å². The predicted octanol–water partition coefficient (Wildman–Crippen LogP) is 3.33. The van der Waals surface area contributed by atoms with Gasteiger partial charge in [0.2, 0.25) is 0 Å². The Morgan fingerprint density at radius 1 is 1.12 bits per heavy atom. The average Bonchev–Trinajstić information content (AvgIpc) is 2.34. The summed E-state index contributed by atoms with van der Waals surface area (Å²) in [7, 11) is 1.66. The Morgan fingerprint density at radius 2 is 1.88 bits per heavy atom. The fraction of sp³-hybridized carbons (Fsp3) is 0.143. The Balaban J connectivity index is 2.28. The van der Waals surface area contributed by atoms with Crippen LogP contribution < -0.4 is 15.8 Å². The summed E-state index contributed by atoms with van der Waals surface area (Å²) in [5.74, 6) is 0.812. The van der Waals surface area contributed by atoms with Crippen molar-refractivity contribution < 1.29 is 4.74 Å². The summed E-state index contributed by atoms with van der Waals surface area (Å²) in [4.78, 5) is 0. The number of hydrogen-bond donors (Lipinski definition) is 2. The maximum absolute atomic E-state index is 5.87. The van der Waals surface area contributed by atoms with E-state index in [0.29, 0.717) is 0 Å². The minimum absolute atomic E-state index is 0.782. The molecule has 2 aromatic carbocycles. The quantitative estimate of drug-likeness (QED) is 0.792. The van der Waals surface area contributed by atoms with Gasteiger partial charge in [0.15, 0.2) is 0 Å². The smallest absolute Gasteiger partial charge is 0.142 e. The number of para-hydroxylation sites is 2. The van der Waals surface area contributed by atoms with Gasteiger partial charge in [0.05, 0.1) is 12.8 Å². The maximum Gasteiger partial charge on any atom is 0.142 e. The molecule has 2 rings (SSSR count). The van der Waals surface area contributed by atoms with Gasteiger partial charge in [-0.3, -0.25) is 0 Å². The van der Waals surface area contributed by atoms with E-state index in [1.54, 1.807) is 7.11 Å². The highest BCUT2D eigenvalue weighted by molar-refractivity contribution is 5.69. The van der Waals surface area contributed by atoms with E-state index in [0.717, 1.165) is 28.4 Å². The van der Waals surface area contributed by atoms with E-state index >= 15 is 0 Å². The highest BCUT2D eigenvalue weighted by atomic mass is 16.5. The van der Waals surface area contributed by atoms with Crippen molar-refractivity contribution in [2.75, 3.05) is 18.2 Å². The lowest BCUT2D eigenvalue weighted by atomic mass is 10.2. The first-order chi connectivity index (χ1) is 8.20. The van der Waals surface area contributed by atoms with Gasteiger partial charge in [0.1, 0.15) is 5.75 Å². The van der Waals surface area contributed by atoms with Crippen LogP contribution in [0.15, 0.2) is 42.5 Å². The lowest BCUT2D eigenvalue weighted by molar-refractivity contribution is 0.417. The number of nitrogens with one attached hydrogen (secondary N) is 1. The van der Waals surface area contributed by atoms with Crippen molar-refractivity contribution in [2.24, 2.45) is 0 Å². The van der Waals surface area contributed by atoms with Gasteiger partial charge in [-0.25, -0.2) is 0 Å². The standard InChI is InChI=1S/C14H16N2O/c1-10-7-8-11(9-12(10)15)16-13-5-3-4-6-14(13)17-2/h3-9,16H,15H2,1-2H3. The van der Waals surface area contributed by atoms with Crippen molar-refractivity contribution in [1.29, 1.82) is 0 Å². The zero-order chi connectivity index (χ0) is 12.3. The molecule has 3 N–H and O–H groups in total. The molecule has 0 radical (unpaired) electrons. The number of hydrogen-bond acceptors (Lipinski definition) is 3. The number of nitrogens with two attached hydrogens (primary N) is 1. The van der Waals surface area contributed by atoms with E-state index in [1.807, 2.05) is 49.4 Å². The van der Waals surface area contributed by atoms with Crippen LogP contribution in [0.25, 0.3) is 0 Å². The first-order valence-electron chi connectivity index (χ1n) is 5.47. The Kier molecular flexibility index (Phi) is 3.19. The number of anilines is 3. The molecule has 0 unspecified atom stereocenters. The molecule has 0 amide bonds. The van der Waals surface area contributed by atoms with Crippen LogP contribution in [0.2, 0.25) is 0 Å².